The van der Waals surface area contributed by atoms with Crippen molar-refractivity contribution in [3.63, 3.8) is 0 Å². The van der Waals surface area contributed by atoms with Gasteiger partial charge in [-0.1, -0.05) is 45.0 Å². The van der Waals surface area contributed by atoms with Gasteiger partial charge in [-0.15, -0.1) is 0 Å². The Labute approximate surface area is 164 Å². The van der Waals surface area contributed by atoms with Gasteiger partial charge in [0.15, 0.2) is 5.82 Å². The van der Waals surface area contributed by atoms with Crippen molar-refractivity contribution in [1.82, 2.24) is 0 Å². The van der Waals surface area contributed by atoms with Gasteiger partial charge < -0.3 is 15.4 Å². The first-order valence-electron chi connectivity index (χ1n) is 9.38. The molecule has 1 saturated heterocycles. The van der Waals surface area contributed by atoms with E-state index in [0.717, 1.165) is 5.56 Å². The van der Waals surface area contributed by atoms with Crippen LogP contribution >= 0.6 is 0 Å². The maximum absolute atomic E-state index is 15.3. The minimum atomic E-state index is -1.11. The SMILES string of the molecule is Cc1c(F)c(C(N)=O)c(F)c(N2CCOCC2)c1-c1ccc(C(C)(C)C)cc1. The first-order valence-corrected chi connectivity index (χ1v) is 9.38. The number of carbonyl (C=O) groups excluding carboxylic acids is 1. The average molecular weight is 388 g/mol. The van der Waals surface area contributed by atoms with Gasteiger partial charge in [0.2, 0.25) is 0 Å². The Morgan fingerprint density at radius 2 is 1.64 bits per heavy atom. The van der Waals surface area contributed by atoms with E-state index in [0.29, 0.717) is 37.4 Å². The standard InChI is InChI=1S/C22H26F2N2O2/c1-13-16(14-5-7-15(8-6-14)22(2,3)4)20(26-9-11-28-12-10-26)19(24)17(18(13)23)21(25)27/h5-8H,9-12H2,1-4H3,(H2,25,27). The molecule has 1 heterocycles. The molecule has 1 fully saturated rings. The molecule has 0 aliphatic carbocycles. The molecule has 2 aromatic carbocycles. The average Bonchev–Trinajstić information content (AvgIpc) is 2.64. The molecule has 2 N–H and O–H groups in total. The van der Waals surface area contributed by atoms with E-state index in [4.69, 9.17) is 10.5 Å². The molecule has 2 aromatic rings. The third-order valence-corrected chi connectivity index (χ3v) is 5.20. The lowest BCUT2D eigenvalue weighted by molar-refractivity contribution is 0.0992. The summed E-state index contributed by atoms with van der Waals surface area (Å²) in [6.07, 6.45) is 0. The summed E-state index contributed by atoms with van der Waals surface area (Å²) in [5, 5.41) is 0. The van der Waals surface area contributed by atoms with Crippen LogP contribution in [0.2, 0.25) is 0 Å². The van der Waals surface area contributed by atoms with Crippen LogP contribution in [-0.2, 0) is 10.2 Å². The fraction of sp³-hybridized carbons (Fsp3) is 0.409. The normalized spacial score (nSPS) is 15.0. The molecule has 0 aromatic heterocycles. The molecule has 1 aliphatic heterocycles. The molecule has 28 heavy (non-hydrogen) atoms. The Morgan fingerprint density at radius 3 is 2.14 bits per heavy atom. The van der Waals surface area contributed by atoms with Gasteiger partial charge in [-0.3, -0.25) is 4.79 Å². The number of hydrogen-bond acceptors (Lipinski definition) is 3. The summed E-state index contributed by atoms with van der Waals surface area (Å²) in [7, 11) is 0. The zero-order chi connectivity index (χ0) is 20.6. The molecule has 0 unspecified atom stereocenters. The lowest BCUT2D eigenvalue weighted by Crippen LogP contribution is -2.38. The van der Waals surface area contributed by atoms with Crippen LogP contribution in [0.5, 0.6) is 0 Å². The summed E-state index contributed by atoms with van der Waals surface area (Å²) in [5.41, 5.74) is 7.24. The van der Waals surface area contributed by atoms with Crippen LogP contribution in [0, 0.1) is 18.6 Å². The van der Waals surface area contributed by atoms with E-state index in [-0.39, 0.29) is 16.7 Å². The Balaban J connectivity index is 2.25. The number of benzene rings is 2. The van der Waals surface area contributed by atoms with Crippen LogP contribution < -0.4 is 10.6 Å². The van der Waals surface area contributed by atoms with E-state index in [1.807, 2.05) is 24.3 Å². The van der Waals surface area contributed by atoms with E-state index >= 15 is 4.39 Å². The minimum absolute atomic E-state index is 0.0348. The smallest absolute Gasteiger partial charge is 0.254 e. The van der Waals surface area contributed by atoms with Gasteiger partial charge in [0.25, 0.3) is 5.91 Å². The zero-order valence-corrected chi connectivity index (χ0v) is 16.7. The van der Waals surface area contributed by atoms with E-state index in [2.05, 4.69) is 20.8 Å². The number of carbonyl (C=O) groups is 1. The number of hydrogen-bond donors (Lipinski definition) is 1. The lowest BCUT2D eigenvalue weighted by Gasteiger charge is -2.32. The second-order valence-electron chi connectivity index (χ2n) is 8.14. The molecule has 1 amide bonds. The monoisotopic (exact) mass is 388 g/mol. The second-order valence-corrected chi connectivity index (χ2v) is 8.14. The van der Waals surface area contributed by atoms with Crippen LogP contribution in [0.3, 0.4) is 0 Å². The molecular weight excluding hydrogens is 362 g/mol. The number of nitrogens with zero attached hydrogens (tertiary/aromatic N) is 1. The summed E-state index contributed by atoms with van der Waals surface area (Å²) < 4.78 is 35.6. The van der Waals surface area contributed by atoms with Crippen molar-refractivity contribution in [2.24, 2.45) is 5.73 Å². The number of amides is 1. The van der Waals surface area contributed by atoms with Gasteiger partial charge in [-0.05, 0) is 29.0 Å². The van der Waals surface area contributed by atoms with E-state index in [9.17, 15) is 9.18 Å². The Bertz CT molecular complexity index is 896. The summed E-state index contributed by atoms with van der Waals surface area (Å²) in [4.78, 5) is 13.5. The molecule has 1 aliphatic rings. The predicted octanol–water partition coefficient (Wildman–Crippen LogP) is 4.17. The summed E-state index contributed by atoms with van der Waals surface area (Å²) in [6, 6.07) is 7.68. The number of halogens is 2. The van der Waals surface area contributed by atoms with Crippen molar-refractivity contribution < 1.29 is 18.3 Å². The van der Waals surface area contributed by atoms with Crippen molar-refractivity contribution in [2.75, 3.05) is 31.2 Å². The highest BCUT2D eigenvalue weighted by molar-refractivity contribution is 5.97. The molecule has 6 heteroatoms. The third kappa shape index (κ3) is 3.61. The van der Waals surface area contributed by atoms with Gasteiger partial charge >= 0.3 is 0 Å². The second kappa shape index (κ2) is 7.51. The maximum Gasteiger partial charge on any atom is 0.254 e. The molecule has 150 valence electrons. The number of ether oxygens (including phenoxy) is 1. The maximum atomic E-state index is 15.3. The van der Waals surface area contributed by atoms with Gasteiger partial charge in [-0.2, -0.15) is 0 Å². The fourth-order valence-corrected chi connectivity index (χ4v) is 3.59. The number of primary amides is 1. The quantitative estimate of drug-likeness (QED) is 0.859. The Hall–Kier alpha value is -2.47. The Morgan fingerprint density at radius 1 is 1.07 bits per heavy atom. The number of rotatable bonds is 3. The largest absolute Gasteiger partial charge is 0.378 e. The molecular formula is C22H26F2N2O2. The van der Waals surface area contributed by atoms with Gasteiger partial charge in [0.05, 0.1) is 18.9 Å². The first kappa shape index (κ1) is 20.3. The molecule has 4 nitrogen and oxygen atoms in total. The highest BCUT2D eigenvalue weighted by Gasteiger charge is 2.30. The van der Waals surface area contributed by atoms with Gasteiger partial charge in [-0.25, -0.2) is 8.78 Å². The summed E-state index contributed by atoms with van der Waals surface area (Å²) >= 11 is 0. The van der Waals surface area contributed by atoms with Gasteiger partial charge in [0, 0.05) is 18.7 Å². The van der Waals surface area contributed by atoms with Crippen molar-refractivity contribution in [3.8, 4) is 11.1 Å². The lowest BCUT2D eigenvalue weighted by atomic mass is 9.85. The molecule has 3 rings (SSSR count). The van der Waals surface area contributed by atoms with Crippen molar-refractivity contribution in [3.05, 3.63) is 52.6 Å². The number of anilines is 1. The molecule has 0 radical (unpaired) electrons. The topological polar surface area (TPSA) is 55.6 Å². The first-order chi connectivity index (χ1) is 13.1. The number of nitrogens with two attached hydrogens (primary N) is 1. The van der Waals surface area contributed by atoms with Crippen molar-refractivity contribution >= 4 is 11.6 Å². The number of morpholine rings is 1. The van der Waals surface area contributed by atoms with Crippen LogP contribution in [0.15, 0.2) is 24.3 Å². The van der Waals surface area contributed by atoms with Crippen LogP contribution in [0.1, 0.15) is 42.3 Å². The van der Waals surface area contributed by atoms with E-state index in [1.165, 1.54) is 0 Å². The van der Waals surface area contributed by atoms with Gasteiger partial charge in [0.1, 0.15) is 11.4 Å². The highest BCUT2D eigenvalue weighted by atomic mass is 19.1. The van der Waals surface area contributed by atoms with Crippen LogP contribution in [0.25, 0.3) is 11.1 Å². The predicted molar refractivity (Wildman–Crippen MR) is 107 cm³/mol. The molecule has 0 saturated carbocycles. The zero-order valence-electron chi connectivity index (χ0n) is 16.7. The third-order valence-electron chi connectivity index (χ3n) is 5.20. The van der Waals surface area contributed by atoms with Crippen molar-refractivity contribution in [2.45, 2.75) is 33.1 Å². The summed E-state index contributed by atoms with van der Waals surface area (Å²) in [6.45, 7) is 9.64. The Kier molecular flexibility index (Phi) is 5.44. The molecule has 0 bridgehead atoms. The molecule has 0 spiro atoms. The van der Waals surface area contributed by atoms with Crippen LogP contribution in [0.4, 0.5) is 14.5 Å². The highest BCUT2D eigenvalue weighted by Crippen LogP contribution is 2.40. The molecule has 0 atom stereocenters. The summed E-state index contributed by atoms with van der Waals surface area (Å²) in [5.74, 6) is -2.92. The van der Waals surface area contributed by atoms with E-state index < -0.39 is 23.1 Å². The van der Waals surface area contributed by atoms with Crippen molar-refractivity contribution in [1.29, 1.82) is 0 Å². The van der Waals surface area contributed by atoms with E-state index in [1.54, 1.807) is 11.8 Å². The fourth-order valence-electron chi connectivity index (χ4n) is 3.59. The minimum Gasteiger partial charge on any atom is -0.378 e. The van der Waals surface area contributed by atoms with Crippen LogP contribution in [-0.4, -0.2) is 32.2 Å².